The molecular weight excluding hydrogens is 142 g/mol. The molecule has 1 atom stereocenters. The Hall–Kier alpha value is -0.570. The molecule has 0 aromatic heterocycles. The van der Waals surface area contributed by atoms with Gasteiger partial charge in [0, 0.05) is 6.42 Å². The summed E-state index contributed by atoms with van der Waals surface area (Å²) in [4.78, 5) is 13.2. The summed E-state index contributed by atoms with van der Waals surface area (Å²) < 4.78 is 5.48. The summed E-state index contributed by atoms with van der Waals surface area (Å²) >= 11 is 0. The van der Waals surface area contributed by atoms with Gasteiger partial charge >= 0.3 is 0 Å². The van der Waals surface area contributed by atoms with E-state index in [4.69, 9.17) is 4.74 Å². The van der Waals surface area contributed by atoms with Crippen LogP contribution < -0.4 is 0 Å². The lowest BCUT2D eigenvalue weighted by Gasteiger charge is -2.28. The van der Waals surface area contributed by atoms with Crippen LogP contribution in [0.5, 0.6) is 0 Å². The smallest absolute Gasteiger partial charge is 0.225 e. The minimum Gasteiger partial charge on any atom is -0.354 e. The first-order valence-electron chi connectivity index (χ1n) is 4.07. The van der Waals surface area contributed by atoms with E-state index in [1.54, 1.807) is 0 Å². The van der Waals surface area contributed by atoms with E-state index in [9.17, 15) is 4.79 Å². The molecule has 0 spiro atoms. The number of ether oxygens (including phenoxy) is 1. The van der Waals surface area contributed by atoms with Crippen molar-refractivity contribution in [2.75, 3.05) is 6.61 Å². The maximum Gasteiger partial charge on any atom is 0.225 e. The van der Waals surface area contributed by atoms with Crippen molar-refractivity contribution in [1.82, 2.24) is 4.90 Å². The van der Waals surface area contributed by atoms with Crippen LogP contribution >= 0.6 is 0 Å². The Bertz CT molecular complexity index is 200. The average molecular weight is 155 g/mol. The standard InChI is InChI=1S/C8H13NO2/c1-8(2)9-6(5-11-8)3-4-7(9)10/h6H,3-5H2,1-2H3. The summed E-state index contributed by atoms with van der Waals surface area (Å²) in [6.07, 6.45) is 1.68. The Morgan fingerprint density at radius 2 is 2.36 bits per heavy atom. The minimum absolute atomic E-state index is 0.248. The van der Waals surface area contributed by atoms with Crippen LogP contribution in [0.3, 0.4) is 0 Å². The van der Waals surface area contributed by atoms with Crippen molar-refractivity contribution in [3.8, 4) is 0 Å². The molecule has 1 unspecified atom stereocenters. The summed E-state index contributed by atoms with van der Waals surface area (Å²) in [7, 11) is 0. The highest BCUT2D eigenvalue weighted by molar-refractivity contribution is 5.79. The monoisotopic (exact) mass is 155 g/mol. The summed E-state index contributed by atoms with van der Waals surface area (Å²) in [5, 5.41) is 0. The topological polar surface area (TPSA) is 29.5 Å². The lowest BCUT2D eigenvalue weighted by Crippen LogP contribution is -2.43. The zero-order valence-corrected chi connectivity index (χ0v) is 6.96. The SMILES string of the molecule is CC1(C)OCC2CCC(=O)N21. The zero-order valence-electron chi connectivity index (χ0n) is 6.96. The van der Waals surface area contributed by atoms with Gasteiger partial charge in [0.05, 0.1) is 12.6 Å². The number of rotatable bonds is 0. The summed E-state index contributed by atoms with van der Waals surface area (Å²) in [5.41, 5.74) is -0.349. The third-order valence-electron chi connectivity index (χ3n) is 2.53. The minimum atomic E-state index is -0.349. The van der Waals surface area contributed by atoms with Crippen molar-refractivity contribution in [2.24, 2.45) is 0 Å². The fraction of sp³-hybridized carbons (Fsp3) is 0.875. The Kier molecular flexibility index (Phi) is 1.27. The van der Waals surface area contributed by atoms with Crippen molar-refractivity contribution in [3.05, 3.63) is 0 Å². The number of fused-ring (bicyclic) bond motifs is 1. The summed E-state index contributed by atoms with van der Waals surface area (Å²) in [5.74, 6) is 0.248. The van der Waals surface area contributed by atoms with Gasteiger partial charge in [-0.3, -0.25) is 4.79 Å². The molecule has 0 bridgehead atoms. The van der Waals surface area contributed by atoms with Gasteiger partial charge in [-0.15, -0.1) is 0 Å². The lowest BCUT2D eigenvalue weighted by molar-refractivity contribution is -0.141. The lowest BCUT2D eigenvalue weighted by atomic mass is 10.2. The second kappa shape index (κ2) is 1.97. The number of hydrogen-bond donors (Lipinski definition) is 0. The molecule has 0 aromatic rings. The van der Waals surface area contributed by atoms with Gasteiger partial charge in [-0.1, -0.05) is 0 Å². The van der Waals surface area contributed by atoms with Gasteiger partial charge in [0.1, 0.15) is 5.72 Å². The molecule has 0 saturated carbocycles. The number of carbonyl (C=O) groups excluding carboxylic acids is 1. The first-order chi connectivity index (χ1) is 5.11. The maximum atomic E-state index is 11.3. The van der Waals surface area contributed by atoms with E-state index < -0.39 is 0 Å². The molecule has 11 heavy (non-hydrogen) atoms. The predicted molar refractivity (Wildman–Crippen MR) is 39.9 cm³/mol. The Balaban J connectivity index is 2.27. The number of hydrogen-bond acceptors (Lipinski definition) is 2. The van der Waals surface area contributed by atoms with Gasteiger partial charge in [-0.2, -0.15) is 0 Å². The van der Waals surface area contributed by atoms with Crippen molar-refractivity contribution < 1.29 is 9.53 Å². The van der Waals surface area contributed by atoms with Crippen LogP contribution in [0.4, 0.5) is 0 Å². The molecule has 62 valence electrons. The largest absolute Gasteiger partial charge is 0.354 e. The molecule has 2 rings (SSSR count). The van der Waals surface area contributed by atoms with E-state index >= 15 is 0 Å². The van der Waals surface area contributed by atoms with Crippen LogP contribution in [-0.2, 0) is 9.53 Å². The van der Waals surface area contributed by atoms with Gasteiger partial charge < -0.3 is 9.64 Å². The molecule has 0 N–H and O–H groups in total. The third kappa shape index (κ3) is 0.872. The van der Waals surface area contributed by atoms with Gasteiger partial charge in [0.15, 0.2) is 0 Å². The van der Waals surface area contributed by atoms with Crippen molar-refractivity contribution in [1.29, 1.82) is 0 Å². The third-order valence-corrected chi connectivity index (χ3v) is 2.53. The molecule has 0 aromatic carbocycles. The van der Waals surface area contributed by atoms with Crippen molar-refractivity contribution >= 4 is 5.91 Å². The van der Waals surface area contributed by atoms with E-state index in [0.29, 0.717) is 12.5 Å². The first-order valence-corrected chi connectivity index (χ1v) is 4.07. The average Bonchev–Trinajstić information content (AvgIpc) is 2.38. The molecule has 2 heterocycles. The molecule has 2 aliphatic rings. The Morgan fingerprint density at radius 1 is 1.64 bits per heavy atom. The second-order valence-electron chi connectivity index (χ2n) is 3.71. The molecule has 0 radical (unpaired) electrons. The van der Waals surface area contributed by atoms with E-state index in [1.807, 2.05) is 18.7 Å². The summed E-state index contributed by atoms with van der Waals surface area (Å²) in [6.45, 7) is 4.63. The predicted octanol–water partition coefficient (Wildman–Crippen LogP) is 0.744. The number of carbonyl (C=O) groups is 1. The highest BCUT2D eigenvalue weighted by atomic mass is 16.5. The van der Waals surface area contributed by atoms with Crippen LogP contribution in [0.2, 0.25) is 0 Å². The van der Waals surface area contributed by atoms with Crippen molar-refractivity contribution in [2.45, 2.75) is 38.5 Å². The van der Waals surface area contributed by atoms with Crippen molar-refractivity contribution in [3.63, 3.8) is 0 Å². The number of amides is 1. The highest BCUT2D eigenvalue weighted by Crippen LogP contribution is 2.34. The van der Waals surface area contributed by atoms with Crippen LogP contribution in [0.25, 0.3) is 0 Å². The Labute approximate surface area is 66.3 Å². The molecule has 2 aliphatic heterocycles. The second-order valence-corrected chi connectivity index (χ2v) is 3.71. The fourth-order valence-electron chi connectivity index (χ4n) is 2.01. The van der Waals surface area contributed by atoms with E-state index in [0.717, 1.165) is 13.0 Å². The molecule has 1 amide bonds. The van der Waals surface area contributed by atoms with Gasteiger partial charge in [-0.25, -0.2) is 0 Å². The quantitative estimate of drug-likeness (QED) is 0.516. The molecule has 2 fully saturated rings. The molecule has 3 heteroatoms. The maximum absolute atomic E-state index is 11.3. The molecule has 0 aliphatic carbocycles. The fourth-order valence-corrected chi connectivity index (χ4v) is 2.01. The molecular formula is C8H13NO2. The van der Waals surface area contributed by atoms with E-state index in [-0.39, 0.29) is 11.6 Å². The molecule has 2 saturated heterocycles. The van der Waals surface area contributed by atoms with E-state index in [2.05, 4.69) is 0 Å². The number of nitrogens with zero attached hydrogens (tertiary/aromatic N) is 1. The van der Waals surface area contributed by atoms with Crippen LogP contribution in [0, 0.1) is 0 Å². The summed E-state index contributed by atoms with van der Waals surface area (Å²) in [6, 6.07) is 0.359. The van der Waals surface area contributed by atoms with E-state index in [1.165, 1.54) is 0 Å². The molecule has 3 nitrogen and oxygen atoms in total. The highest BCUT2D eigenvalue weighted by Gasteiger charge is 2.46. The first kappa shape index (κ1) is 7.10. The van der Waals surface area contributed by atoms with Gasteiger partial charge in [0.25, 0.3) is 0 Å². The van der Waals surface area contributed by atoms with Crippen LogP contribution in [0.1, 0.15) is 26.7 Å². The van der Waals surface area contributed by atoms with Crippen LogP contribution in [0.15, 0.2) is 0 Å². The zero-order chi connectivity index (χ0) is 8.06. The van der Waals surface area contributed by atoms with Crippen LogP contribution in [-0.4, -0.2) is 29.2 Å². The van der Waals surface area contributed by atoms with Gasteiger partial charge in [0.2, 0.25) is 5.91 Å². The van der Waals surface area contributed by atoms with Gasteiger partial charge in [-0.05, 0) is 20.3 Å². The normalized spacial score (nSPS) is 34.5. The Morgan fingerprint density at radius 3 is 3.00 bits per heavy atom.